The molecule has 3 aromatic carbocycles. The van der Waals surface area contributed by atoms with E-state index in [1.54, 1.807) is 49.8 Å². The summed E-state index contributed by atoms with van der Waals surface area (Å²) in [5.74, 6) is -2.39. The van der Waals surface area contributed by atoms with Crippen molar-refractivity contribution in [3.05, 3.63) is 114 Å². The molecule has 2 aromatic heterocycles. The van der Waals surface area contributed by atoms with E-state index in [9.17, 15) is 31.5 Å². The molecule has 16 heteroatoms. The van der Waals surface area contributed by atoms with E-state index in [0.29, 0.717) is 23.2 Å². The molecule has 5 aromatic rings. The Morgan fingerprint density at radius 3 is 2.30 bits per heavy atom. The number of carboxylic acid groups (broad SMARTS) is 1. The number of hydrogen-bond acceptors (Lipinski definition) is 12. The molecular formula is C31H25N5O9S2. The first kappa shape index (κ1) is 32.5. The Morgan fingerprint density at radius 1 is 0.872 bits per heavy atom. The summed E-state index contributed by atoms with van der Waals surface area (Å²) >= 11 is 0. The molecule has 0 bridgehead atoms. The number of aryl methyl sites for hydroxylation is 1. The molecule has 14 nitrogen and oxygen atoms in total. The predicted molar refractivity (Wildman–Crippen MR) is 171 cm³/mol. The standard InChI is InChI=1S/C31H25N5O9S2/c1-19-5-9-23(34-31-33-15-13-25(35-31)22-4-3-14-32-18-22)17-26(19)36-47(42,43)28-16-21(30(39)45-46(2,40)41)8-12-27(28)44-24-10-6-20(7-11-24)29(37)38/h3-18,36H,1-2H3,(H,37,38)(H,33,34,35). The fourth-order valence-electron chi connectivity index (χ4n) is 4.14. The van der Waals surface area contributed by atoms with E-state index < -0.39 is 37.0 Å². The molecule has 0 fully saturated rings. The highest BCUT2D eigenvalue weighted by atomic mass is 32.2. The molecular weight excluding hydrogens is 651 g/mol. The van der Waals surface area contributed by atoms with Gasteiger partial charge in [-0.05, 0) is 85.3 Å². The van der Waals surface area contributed by atoms with Crippen LogP contribution >= 0.6 is 0 Å². The summed E-state index contributed by atoms with van der Waals surface area (Å²) < 4.78 is 63.5. The minimum Gasteiger partial charge on any atom is -0.478 e. The number of nitrogens with one attached hydrogen (secondary N) is 2. The van der Waals surface area contributed by atoms with Gasteiger partial charge in [-0.25, -0.2) is 28.0 Å². The summed E-state index contributed by atoms with van der Waals surface area (Å²) in [4.78, 5) is 36.0. The van der Waals surface area contributed by atoms with Gasteiger partial charge in [-0.1, -0.05) is 6.07 Å². The van der Waals surface area contributed by atoms with Gasteiger partial charge >= 0.3 is 22.1 Å². The molecule has 5 rings (SSSR count). The first-order chi connectivity index (χ1) is 22.3. The van der Waals surface area contributed by atoms with E-state index in [1.165, 1.54) is 30.3 Å². The van der Waals surface area contributed by atoms with E-state index in [0.717, 1.165) is 23.8 Å². The minimum absolute atomic E-state index is 0.0242. The first-order valence-electron chi connectivity index (χ1n) is 13.5. The summed E-state index contributed by atoms with van der Waals surface area (Å²) in [6.07, 6.45) is 5.54. The van der Waals surface area contributed by atoms with Crippen LogP contribution in [0.5, 0.6) is 11.5 Å². The first-order valence-corrected chi connectivity index (χ1v) is 16.8. The SMILES string of the molecule is Cc1ccc(Nc2nccc(-c3cccnc3)n2)cc1NS(=O)(=O)c1cc(C(=O)OS(C)(=O)=O)ccc1Oc1ccc(C(=O)O)cc1. The van der Waals surface area contributed by atoms with Gasteiger partial charge in [-0.2, -0.15) is 8.42 Å². The number of carbonyl (C=O) groups is 2. The molecule has 240 valence electrons. The van der Waals surface area contributed by atoms with Crippen LogP contribution in [-0.2, 0) is 24.3 Å². The Kier molecular flexibility index (Phi) is 9.16. The van der Waals surface area contributed by atoms with Gasteiger partial charge in [0.1, 0.15) is 16.4 Å². The van der Waals surface area contributed by atoms with Crippen LogP contribution in [0.1, 0.15) is 26.3 Å². The van der Waals surface area contributed by atoms with Gasteiger partial charge in [0.25, 0.3) is 10.0 Å². The third kappa shape index (κ3) is 8.24. The van der Waals surface area contributed by atoms with Crippen molar-refractivity contribution in [3.63, 3.8) is 0 Å². The quantitative estimate of drug-likeness (QED) is 0.158. The normalized spacial score (nSPS) is 11.4. The average Bonchev–Trinajstić information content (AvgIpc) is 3.02. The van der Waals surface area contributed by atoms with Crippen LogP contribution in [-0.4, -0.2) is 55.1 Å². The van der Waals surface area contributed by atoms with Crippen molar-refractivity contribution in [2.75, 3.05) is 16.3 Å². The summed E-state index contributed by atoms with van der Waals surface area (Å²) in [6.45, 7) is 1.67. The Morgan fingerprint density at radius 2 is 1.62 bits per heavy atom. The van der Waals surface area contributed by atoms with E-state index in [1.807, 2.05) is 6.07 Å². The smallest absolute Gasteiger partial charge is 0.353 e. The second-order valence-corrected chi connectivity index (χ2v) is 13.2. The monoisotopic (exact) mass is 675 g/mol. The van der Waals surface area contributed by atoms with E-state index in [-0.39, 0.29) is 34.3 Å². The van der Waals surface area contributed by atoms with Gasteiger partial charge in [0, 0.05) is 29.8 Å². The maximum absolute atomic E-state index is 13.8. The lowest BCUT2D eigenvalue weighted by molar-refractivity contribution is 0.0694. The fraction of sp³-hybridized carbons (Fsp3) is 0.0645. The molecule has 0 saturated carbocycles. The van der Waals surface area contributed by atoms with Gasteiger partial charge < -0.3 is 19.3 Å². The number of carboxylic acids is 1. The highest BCUT2D eigenvalue weighted by Crippen LogP contribution is 2.33. The number of carbonyl (C=O) groups excluding carboxylic acids is 1. The van der Waals surface area contributed by atoms with Crippen molar-refractivity contribution in [1.82, 2.24) is 15.0 Å². The second kappa shape index (κ2) is 13.2. The van der Waals surface area contributed by atoms with Gasteiger partial charge in [0.15, 0.2) is 0 Å². The third-order valence-electron chi connectivity index (χ3n) is 6.38. The number of nitrogens with zero attached hydrogens (tertiary/aromatic N) is 3. The fourth-order valence-corrected chi connectivity index (χ4v) is 5.79. The van der Waals surface area contributed by atoms with E-state index in [4.69, 9.17) is 4.74 Å². The van der Waals surface area contributed by atoms with Crippen LogP contribution in [0.15, 0.2) is 102 Å². The van der Waals surface area contributed by atoms with Crippen molar-refractivity contribution >= 4 is 49.4 Å². The van der Waals surface area contributed by atoms with Crippen LogP contribution in [0.4, 0.5) is 17.3 Å². The molecule has 2 heterocycles. The number of sulfonamides is 1. The Hall–Kier alpha value is -5.87. The lowest BCUT2D eigenvalue weighted by Crippen LogP contribution is -2.17. The molecule has 47 heavy (non-hydrogen) atoms. The van der Waals surface area contributed by atoms with Crippen molar-refractivity contribution < 1.29 is 40.5 Å². The molecule has 0 spiro atoms. The van der Waals surface area contributed by atoms with E-state index in [2.05, 4.69) is 29.2 Å². The summed E-state index contributed by atoms with van der Waals surface area (Å²) in [7, 11) is -8.74. The Bertz CT molecular complexity index is 2200. The molecule has 3 N–H and O–H groups in total. The van der Waals surface area contributed by atoms with Crippen LogP contribution in [0.25, 0.3) is 11.3 Å². The van der Waals surface area contributed by atoms with Crippen LogP contribution in [0.2, 0.25) is 0 Å². The Balaban J connectivity index is 1.47. The molecule has 0 atom stereocenters. The zero-order chi connectivity index (χ0) is 33.8. The van der Waals surface area contributed by atoms with Gasteiger partial charge in [-0.15, -0.1) is 0 Å². The topological polar surface area (TPSA) is 204 Å². The van der Waals surface area contributed by atoms with Gasteiger partial charge in [-0.3, -0.25) is 9.71 Å². The number of pyridine rings is 1. The molecule has 0 unspecified atom stereocenters. The summed E-state index contributed by atoms with van der Waals surface area (Å²) in [5, 5.41) is 12.2. The number of aromatic nitrogens is 3. The van der Waals surface area contributed by atoms with Crippen molar-refractivity contribution in [3.8, 4) is 22.8 Å². The number of ether oxygens (including phenoxy) is 1. The molecule has 0 aliphatic heterocycles. The molecule has 0 radical (unpaired) electrons. The number of rotatable bonds is 11. The van der Waals surface area contributed by atoms with Crippen LogP contribution < -0.4 is 14.8 Å². The number of aromatic carboxylic acids is 1. The molecule has 0 saturated heterocycles. The molecule has 0 aliphatic rings. The maximum Gasteiger partial charge on any atom is 0.353 e. The zero-order valence-corrected chi connectivity index (χ0v) is 26.2. The molecule has 0 amide bonds. The second-order valence-electron chi connectivity index (χ2n) is 9.94. The van der Waals surface area contributed by atoms with E-state index >= 15 is 0 Å². The number of benzene rings is 3. The third-order valence-corrected chi connectivity index (χ3v) is 8.22. The summed E-state index contributed by atoms with van der Waals surface area (Å²) in [5.41, 5.74) is 2.10. The van der Waals surface area contributed by atoms with Gasteiger partial charge in [0.05, 0.1) is 28.8 Å². The van der Waals surface area contributed by atoms with Crippen LogP contribution in [0.3, 0.4) is 0 Å². The Labute approximate surface area is 269 Å². The number of anilines is 3. The highest BCUT2D eigenvalue weighted by molar-refractivity contribution is 7.92. The highest BCUT2D eigenvalue weighted by Gasteiger charge is 2.25. The van der Waals surface area contributed by atoms with Crippen LogP contribution in [0, 0.1) is 6.92 Å². The minimum atomic E-state index is -4.53. The lowest BCUT2D eigenvalue weighted by Gasteiger charge is -2.16. The molecule has 0 aliphatic carbocycles. The lowest BCUT2D eigenvalue weighted by atomic mass is 10.2. The summed E-state index contributed by atoms with van der Waals surface area (Å²) in [6, 6.07) is 18.6. The predicted octanol–water partition coefficient (Wildman–Crippen LogP) is 5.00. The number of hydrogen-bond donors (Lipinski definition) is 3. The average molecular weight is 676 g/mol. The van der Waals surface area contributed by atoms with Gasteiger partial charge in [0.2, 0.25) is 5.95 Å². The van der Waals surface area contributed by atoms with Crippen molar-refractivity contribution in [2.45, 2.75) is 11.8 Å². The zero-order valence-electron chi connectivity index (χ0n) is 24.6. The largest absolute Gasteiger partial charge is 0.478 e. The maximum atomic E-state index is 13.8. The van der Waals surface area contributed by atoms with Crippen molar-refractivity contribution in [1.29, 1.82) is 0 Å². The van der Waals surface area contributed by atoms with Crippen molar-refractivity contribution in [2.24, 2.45) is 0 Å².